The number of ether oxygens (including phenoxy) is 3. The second-order valence-corrected chi connectivity index (χ2v) is 15.7. The zero-order valence-electron chi connectivity index (χ0n) is 31.9. The van der Waals surface area contributed by atoms with Crippen LogP contribution in [0.25, 0.3) is 0 Å². The summed E-state index contributed by atoms with van der Waals surface area (Å²) in [7, 11) is -4.28. The molecular formula is C39H79NO8P-. The SMILES string of the molecule is CCCCCCC[CH-]CCCCCCCC[C@]1(OC[C@H](COP(=O)(O)OCCN)OC(O)CCCCCCCCCCCCCCC)CO1. The third-order valence-electron chi connectivity index (χ3n) is 9.43. The normalized spacial score (nSPS) is 18.5. The molecule has 0 aromatic heterocycles. The van der Waals surface area contributed by atoms with Gasteiger partial charge in [-0.2, -0.15) is 12.8 Å². The minimum Gasteiger partial charge on any atom is -0.368 e. The minimum atomic E-state index is -4.28. The number of phosphoric ester groups is 1. The van der Waals surface area contributed by atoms with Crippen LogP contribution in [0.2, 0.25) is 0 Å². The number of hydrogen-bond acceptors (Lipinski definition) is 8. The van der Waals surface area contributed by atoms with Crippen molar-refractivity contribution in [2.75, 3.05) is 33.0 Å². The highest BCUT2D eigenvalue weighted by atomic mass is 31.2. The molecule has 0 bridgehead atoms. The van der Waals surface area contributed by atoms with Gasteiger partial charge in [-0.25, -0.2) is 4.57 Å². The molecule has 1 fully saturated rings. The Morgan fingerprint density at radius 1 is 0.714 bits per heavy atom. The van der Waals surface area contributed by atoms with E-state index in [4.69, 9.17) is 29.0 Å². The lowest BCUT2D eigenvalue weighted by Crippen LogP contribution is -2.33. The second-order valence-electron chi connectivity index (χ2n) is 14.3. The van der Waals surface area contributed by atoms with Gasteiger partial charge < -0.3 is 36.4 Å². The number of epoxide rings is 1. The van der Waals surface area contributed by atoms with Crippen LogP contribution < -0.4 is 5.73 Å². The van der Waals surface area contributed by atoms with Crippen molar-refractivity contribution in [2.24, 2.45) is 5.73 Å². The van der Waals surface area contributed by atoms with E-state index in [9.17, 15) is 14.6 Å². The van der Waals surface area contributed by atoms with Crippen LogP contribution in [0.1, 0.15) is 194 Å². The minimum absolute atomic E-state index is 0.0850. The average molecular weight is 721 g/mol. The van der Waals surface area contributed by atoms with Crippen LogP contribution >= 0.6 is 7.82 Å². The fourth-order valence-corrected chi connectivity index (χ4v) is 6.95. The van der Waals surface area contributed by atoms with Crippen molar-refractivity contribution in [3.8, 4) is 0 Å². The molecule has 10 heteroatoms. The zero-order valence-corrected chi connectivity index (χ0v) is 32.8. The van der Waals surface area contributed by atoms with Crippen molar-refractivity contribution < 1.29 is 37.8 Å². The van der Waals surface area contributed by atoms with Gasteiger partial charge in [0.2, 0.25) is 0 Å². The first-order chi connectivity index (χ1) is 23.9. The highest BCUT2D eigenvalue weighted by molar-refractivity contribution is 7.47. The van der Waals surface area contributed by atoms with Crippen LogP contribution in [0.5, 0.6) is 0 Å². The molecule has 294 valence electrons. The summed E-state index contributed by atoms with van der Waals surface area (Å²) in [6.07, 6.45) is 34.9. The summed E-state index contributed by atoms with van der Waals surface area (Å²) in [6.45, 7) is 4.89. The molecule has 1 aliphatic heterocycles. The molecule has 0 saturated carbocycles. The molecule has 0 amide bonds. The number of unbranched alkanes of at least 4 members (excludes halogenated alkanes) is 25. The van der Waals surface area contributed by atoms with Gasteiger partial charge in [-0.05, 0) is 19.3 Å². The van der Waals surface area contributed by atoms with Crippen molar-refractivity contribution in [1.82, 2.24) is 0 Å². The smallest absolute Gasteiger partial charge is 0.368 e. The number of aliphatic hydroxyl groups is 1. The van der Waals surface area contributed by atoms with E-state index in [2.05, 4.69) is 20.3 Å². The maximum atomic E-state index is 12.2. The molecule has 0 aromatic rings. The average Bonchev–Trinajstić information content (AvgIpc) is 3.87. The first-order valence-corrected chi connectivity index (χ1v) is 22.1. The lowest BCUT2D eigenvalue weighted by Gasteiger charge is -2.24. The standard InChI is InChI=1S/C39H79NO8P/c1-3-5-7-9-11-13-15-17-19-21-23-25-27-29-31-39(36-45-39)44-34-37(35-47-49(42,43)46-33-32-40)48-38(41)30-28-26-24-22-20-18-16-14-12-10-8-6-4-2/h15,37-38,41H,3-14,16-36,40H2,1-2H3,(H,42,43)/q-1/t37-,38?,39-/m1/s1. The Morgan fingerprint density at radius 2 is 1.18 bits per heavy atom. The molecule has 0 aliphatic carbocycles. The Labute approximate surface area is 302 Å². The molecule has 1 heterocycles. The number of hydrogen-bond donors (Lipinski definition) is 3. The molecule has 2 unspecified atom stereocenters. The summed E-state index contributed by atoms with van der Waals surface area (Å²) >= 11 is 0. The van der Waals surface area contributed by atoms with Crippen LogP contribution in [-0.4, -0.2) is 61.2 Å². The topological polar surface area (TPSA) is 133 Å². The van der Waals surface area contributed by atoms with E-state index >= 15 is 0 Å². The Hall–Kier alpha value is -0.0900. The van der Waals surface area contributed by atoms with E-state index in [-0.39, 0.29) is 26.4 Å². The number of rotatable bonds is 40. The van der Waals surface area contributed by atoms with Crippen molar-refractivity contribution in [1.29, 1.82) is 0 Å². The molecule has 1 rings (SSSR count). The first-order valence-electron chi connectivity index (χ1n) is 20.6. The maximum absolute atomic E-state index is 12.2. The molecule has 49 heavy (non-hydrogen) atoms. The number of phosphoric acid groups is 1. The largest absolute Gasteiger partial charge is 0.472 e. The quantitative estimate of drug-likeness (QED) is 0.0186. The molecule has 1 saturated heterocycles. The maximum Gasteiger partial charge on any atom is 0.472 e. The Morgan fingerprint density at radius 3 is 1.67 bits per heavy atom. The second kappa shape index (κ2) is 32.6. The lowest BCUT2D eigenvalue weighted by atomic mass is 10.0. The van der Waals surface area contributed by atoms with Gasteiger partial charge in [-0.15, -0.1) is 0 Å². The molecule has 9 nitrogen and oxygen atoms in total. The molecule has 4 atom stereocenters. The van der Waals surface area contributed by atoms with Crippen molar-refractivity contribution in [3.05, 3.63) is 6.42 Å². The molecular weight excluding hydrogens is 641 g/mol. The summed E-state index contributed by atoms with van der Waals surface area (Å²) < 4.78 is 39.9. The van der Waals surface area contributed by atoms with Crippen molar-refractivity contribution >= 4 is 7.82 Å². The summed E-state index contributed by atoms with van der Waals surface area (Å²) in [5.41, 5.74) is 5.39. The third kappa shape index (κ3) is 30.1. The Balaban J connectivity index is 2.24. The highest BCUT2D eigenvalue weighted by Crippen LogP contribution is 2.43. The number of nitrogens with two attached hydrogens (primary N) is 1. The third-order valence-corrected chi connectivity index (χ3v) is 10.4. The summed E-state index contributed by atoms with van der Waals surface area (Å²) in [5, 5.41) is 10.6. The monoisotopic (exact) mass is 721 g/mol. The first kappa shape index (κ1) is 46.9. The predicted molar refractivity (Wildman–Crippen MR) is 201 cm³/mol. The van der Waals surface area contributed by atoms with Gasteiger partial charge in [0.1, 0.15) is 12.7 Å². The van der Waals surface area contributed by atoms with Crippen molar-refractivity contribution in [3.63, 3.8) is 0 Å². The lowest BCUT2D eigenvalue weighted by molar-refractivity contribution is -0.181. The van der Waals surface area contributed by atoms with Gasteiger partial charge in [-0.1, -0.05) is 155 Å². The van der Waals surface area contributed by atoms with E-state index in [1.165, 1.54) is 135 Å². The zero-order chi connectivity index (χ0) is 35.7. The fraction of sp³-hybridized carbons (Fsp3) is 0.974. The molecule has 0 aromatic carbocycles. The van der Waals surface area contributed by atoms with Crippen LogP contribution in [0, 0.1) is 6.42 Å². The van der Waals surface area contributed by atoms with Crippen LogP contribution in [-0.2, 0) is 27.8 Å². The van der Waals surface area contributed by atoms with Gasteiger partial charge in [0, 0.05) is 13.0 Å². The van der Waals surface area contributed by atoms with Crippen LogP contribution in [0.3, 0.4) is 0 Å². The van der Waals surface area contributed by atoms with Crippen molar-refractivity contribution in [2.45, 2.75) is 212 Å². The molecule has 4 N–H and O–H groups in total. The fourth-order valence-electron chi connectivity index (χ4n) is 6.19. The van der Waals surface area contributed by atoms with Gasteiger partial charge in [0.15, 0.2) is 12.1 Å². The van der Waals surface area contributed by atoms with Crippen LogP contribution in [0.4, 0.5) is 0 Å². The summed E-state index contributed by atoms with van der Waals surface area (Å²) in [4.78, 5) is 9.97. The summed E-state index contributed by atoms with van der Waals surface area (Å²) in [6, 6.07) is 0. The van der Waals surface area contributed by atoms with Gasteiger partial charge >= 0.3 is 7.82 Å². The van der Waals surface area contributed by atoms with E-state index < -0.39 is 26.0 Å². The van der Waals surface area contributed by atoms with E-state index in [1.807, 2.05) is 0 Å². The van der Waals surface area contributed by atoms with Gasteiger partial charge in [0.25, 0.3) is 0 Å². The van der Waals surface area contributed by atoms with Gasteiger partial charge in [0.05, 0.1) is 19.8 Å². The summed E-state index contributed by atoms with van der Waals surface area (Å²) in [5.74, 6) is -0.632. The Kier molecular flexibility index (Phi) is 31.2. The Bertz CT molecular complexity index is 757. The predicted octanol–water partition coefficient (Wildman–Crippen LogP) is 10.7. The molecule has 0 spiro atoms. The molecule has 1 aliphatic rings. The van der Waals surface area contributed by atoms with E-state index in [0.29, 0.717) is 13.0 Å². The van der Waals surface area contributed by atoms with E-state index in [1.54, 1.807) is 0 Å². The molecule has 0 radical (unpaired) electrons. The van der Waals surface area contributed by atoms with E-state index in [0.717, 1.165) is 38.5 Å². The number of aliphatic hydroxyl groups excluding tert-OH is 1. The van der Waals surface area contributed by atoms with Gasteiger partial charge in [-0.3, -0.25) is 9.05 Å². The van der Waals surface area contributed by atoms with Crippen LogP contribution in [0.15, 0.2) is 0 Å². The highest BCUT2D eigenvalue weighted by Gasteiger charge is 2.46.